The SMILES string of the molecule is CCc1nc(NN)cc(NCCC2CCC2)n1. The second kappa shape index (κ2) is 5.82. The van der Waals surface area contributed by atoms with Crippen LogP contribution >= 0.6 is 0 Å². The normalized spacial score (nSPS) is 15.4. The van der Waals surface area contributed by atoms with Gasteiger partial charge in [0, 0.05) is 19.0 Å². The van der Waals surface area contributed by atoms with Gasteiger partial charge in [-0.2, -0.15) is 0 Å². The summed E-state index contributed by atoms with van der Waals surface area (Å²) in [4.78, 5) is 8.68. The number of aryl methyl sites for hydroxylation is 1. The van der Waals surface area contributed by atoms with Crippen LogP contribution in [-0.4, -0.2) is 16.5 Å². The highest BCUT2D eigenvalue weighted by Gasteiger charge is 2.16. The lowest BCUT2D eigenvalue weighted by Gasteiger charge is -2.25. The smallest absolute Gasteiger partial charge is 0.145 e. The monoisotopic (exact) mass is 235 g/mol. The average molecular weight is 235 g/mol. The Morgan fingerprint density at radius 1 is 1.35 bits per heavy atom. The molecule has 0 atom stereocenters. The van der Waals surface area contributed by atoms with Crippen LogP contribution in [-0.2, 0) is 6.42 Å². The number of rotatable bonds is 6. The van der Waals surface area contributed by atoms with Crippen LogP contribution in [0.1, 0.15) is 38.4 Å². The van der Waals surface area contributed by atoms with Crippen LogP contribution in [0.5, 0.6) is 0 Å². The fraction of sp³-hybridized carbons (Fsp3) is 0.667. The van der Waals surface area contributed by atoms with Crippen LogP contribution < -0.4 is 16.6 Å². The van der Waals surface area contributed by atoms with E-state index in [2.05, 4.69) is 20.7 Å². The van der Waals surface area contributed by atoms with Gasteiger partial charge in [0.1, 0.15) is 17.5 Å². The van der Waals surface area contributed by atoms with E-state index >= 15 is 0 Å². The minimum Gasteiger partial charge on any atom is -0.370 e. The summed E-state index contributed by atoms with van der Waals surface area (Å²) in [7, 11) is 0. The molecule has 0 spiro atoms. The topological polar surface area (TPSA) is 75.9 Å². The minimum absolute atomic E-state index is 0.669. The summed E-state index contributed by atoms with van der Waals surface area (Å²) in [6, 6.07) is 1.85. The van der Waals surface area contributed by atoms with E-state index in [0.717, 1.165) is 30.5 Å². The highest BCUT2D eigenvalue weighted by atomic mass is 15.3. The van der Waals surface area contributed by atoms with Crippen LogP contribution in [0.3, 0.4) is 0 Å². The van der Waals surface area contributed by atoms with Crippen molar-refractivity contribution in [3.05, 3.63) is 11.9 Å². The lowest BCUT2D eigenvalue weighted by atomic mass is 9.83. The molecular weight excluding hydrogens is 214 g/mol. The molecule has 0 bridgehead atoms. The standard InChI is InChI=1S/C12H21N5/c1-2-10-15-11(8-12(16-10)17-13)14-7-6-9-4-3-5-9/h8-9H,2-7,13H2,1H3,(H2,14,15,16,17). The van der Waals surface area contributed by atoms with Crippen LogP contribution in [0, 0.1) is 5.92 Å². The van der Waals surface area contributed by atoms with Crippen molar-refractivity contribution in [1.29, 1.82) is 0 Å². The van der Waals surface area contributed by atoms with E-state index < -0.39 is 0 Å². The Hall–Kier alpha value is -1.36. The Bertz CT molecular complexity index is 340. The Morgan fingerprint density at radius 3 is 2.71 bits per heavy atom. The van der Waals surface area contributed by atoms with E-state index in [-0.39, 0.29) is 0 Å². The fourth-order valence-corrected chi connectivity index (χ4v) is 2.01. The minimum atomic E-state index is 0.669. The van der Waals surface area contributed by atoms with Gasteiger partial charge in [-0.1, -0.05) is 26.2 Å². The summed E-state index contributed by atoms with van der Waals surface area (Å²) in [5, 5.41) is 3.35. The first-order valence-corrected chi connectivity index (χ1v) is 6.40. The second-order valence-corrected chi connectivity index (χ2v) is 4.56. The van der Waals surface area contributed by atoms with E-state index in [0.29, 0.717) is 5.82 Å². The molecule has 1 aliphatic carbocycles. The van der Waals surface area contributed by atoms with Crippen LogP contribution in [0.2, 0.25) is 0 Å². The van der Waals surface area contributed by atoms with E-state index in [9.17, 15) is 0 Å². The van der Waals surface area contributed by atoms with Gasteiger partial charge in [-0.3, -0.25) is 0 Å². The van der Waals surface area contributed by atoms with E-state index in [1.165, 1.54) is 25.7 Å². The Kier molecular flexibility index (Phi) is 4.14. The van der Waals surface area contributed by atoms with Gasteiger partial charge in [0.05, 0.1) is 0 Å². The van der Waals surface area contributed by atoms with Crippen molar-refractivity contribution in [2.45, 2.75) is 39.0 Å². The summed E-state index contributed by atoms with van der Waals surface area (Å²) >= 11 is 0. The lowest BCUT2D eigenvalue weighted by Crippen LogP contribution is -2.17. The van der Waals surface area contributed by atoms with Crippen LogP contribution in [0.15, 0.2) is 6.07 Å². The van der Waals surface area contributed by atoms with Crippen molar-refractivity contribution in [3.8, 4) is 0 Å². The number of hydrazine groups is 1. The number of hydrogen-bond acceptors (Lipinski definition) is 5. The van der Waals surface area contributed by atoms with Gasteiger partial charge < -0.3 is 10.7 Å². The molecule has 1 aromatic heterocycles. The third kappa shape index (κ3) is 3.30. The number of anilines is 2. The molecule has 1 aromatic rings. The highest BCUT2D eigenvalue weighted by molar-refractivity contribution is 5.46. The summed E-state index contributed by atoms with van der Waals surface area (Å²) in [6.07, 6.45) is 6.23. The van der Waals surface area contributed by atoms with Crippen molar-refractivity contribution in [3.63, 3.8) is 0 Å². The molecule has 1 fully saturated rings. The zero-order valence-corrected chi connectivity index (χ0v) is 10.4. The van der Waals surface area contributed by atoms with Crippen molar-refractivity contribution >= 4 is 11.6 Å². The molecule has 0 aromatic carbocycles. The molecule has 2 rings (SSSR count). The summed E-state index contributed by atoms with van der Waals surface area (Å²) in [6.45, 7) is 3.02. The van der Waals surface area contributed by atoms with Gasteiger partial charge >= 0.3 is 0 Å². The average Bonchev–Trinajstić information content (AvgIpc) is 2.31. The molecule has 1 aliphatic rings. The molecule has 17 heavy (non-hydrogen) atoms. The Labute approximate surface area is 102 Å². The summed E-state index contributed by atoms with van der Waals surface area (Å²) in [5.41, 5.74) is 2.57. The van der Waals surface area contributed by atoms with Crippen molar-refractivity contribution in [1.82, 2.24) is 9.97 Å². The number of nitrogens with two attached hydrogens (primary N) is 1. The Morgan fingerprint density at radius 2 is 2.12 bits per heavy atom. The predicted molar refractivity (Wildman–Crippen MR) is 69.7 cm³/mol. The molecule has 0 radical (unpaired) electrons. The summed E-state index contributed by atoms with van der Waals surface area (Å²) in [5.74, 6) is 8.65. The molecule has 1 heterocycles. The first-order valence-electron chi connectivity index (χ1n) is 6.40. The number of nitrogens with one attached hydrogen (secondary N) is 2. The number of hydrogen-bond donors (Lipinski definition) is 3. The van der Waals surface area contributed by atoms with Crippen LogP contribution in [0.25, 0.3) is 0 Å². The maximum absolute atomic E-state index is 5.38. The molecule has 0 saturated heterocycles. The molecule has 0 amide bonds. The van der Waals surface area contributed by atoms with E-state index in [4.69, 9.17) is 5.84 Å². The van der Waals surface area contributed by atoms with Gasteiger partial charge in [-0.25, -0.2) is 15.8 Å². The van der Waals surface area contributed by atoms with Crippen LogP contribution in [0.4, 0.5) is 11.6 Å². The molecule has 5 heteroatoms. The van der Waals surface area contributed by atoms with Crippen molar-refractivity contribution in [2.24, 2.45) is 11.8 Å². The van der Waals surface area contributed by atoms with Gasteiger partial charge in [0.25, 0.3) is 0 Å². The van der Waals surface area contributed by atoms with Gasteiger partial charge in [0.15, 0.2) is 0 Å². The van der Waals surface area contributed by atoms with E-state index in [1.54, 1.807) is 0 Å². The van der Waals surface area contributed by atoms with Gasteiger partial charge in [0.2, 0.25) is 0 Å². The predicted octanol–water partition coefficient (Wildman–Crippen LogP) is 1.93. The van der Waals surface area contributed by atoms with Crippen molar-refractivity contribution in [2.75, 3.05) is 17.3 Å². The number of nitrogens with zero attached hydrogens (tertiary/aromatic N) is 2. The Balaban J connectivity index is 1.89. The molecule has 1 saturated carbocycles. The van der Waals surface area contributed by atoms with Gasteiger partial charge in [-0.15, -0.1) is 0 Å². The third-order valence-electron chi connectivity index (χ3n) is 3.32. The fourth-order valence-electron chi connectivity index (χ4n) is 2.01. The molecule has 0 aliphatic heterocycles. The maximum atomic E-state index is 5.38. The third-order valence-corrected chi connectivity index (χ3v) is 3.32. The molecular formula is C12H21N5. The zero-order chi connectivity index (χ0) is 12.1. The lowest BCUT2D eigenvalue weighted by molar-refractivity contribution is 0.303. The largest absolute Gasteiger partial charge is 0.370 e. The van der Waals surface area contributed by atoms with E-state index in [1.807, 2.05) is 13.0 Å². The molecule has 94 valence electrons. The highest BCUT2D eigenvalue weighted by Crippen LogP contribution is 2.29. The quantitative estimate of drug-likeness (QED) is 0.519. The van der Waals surface area contributed by atoms with Gasteiger partial charge in [-0.05, 0) is 12.3 Å². The first kappa shape index (κ1) is 12.1. The zero-order valence-electron chi connectivity index (χ0n) is 10.4. The molecule has 5 nitrogen and oxygen atoms in total. The first-order chi connectivity index (χ1) is 8.31. The molecule has 4 N–H and O–H groups in total. The maximum Gasteiger partial charge on any atom is 0.145 e. The number of aromatic nitrogens is 2. The second-order valence-electron chi connectivity index (χ2n) is 4.56. The van der Waals surface area contributed by atoms with Crippen molar-refractivity contribution < 1.29 is 0 Å². The molecule has 0 unspecified atom stereocenters. The summed E-state index contributed by atoms with van der Waals surface area (Å²) < 4.78 is 0. The number of nitrogen functional groups attached to an aromatic ring is 1.